The second-order valence-corrected chi connectivity index (χ2v) is 6.75. The summed E-state index contributed by atoms with van der Waals surface area (Å²) in [6.07, 6.45) is 5.53. The van der Waals surface area contributed by atoms with Crippen LogP contribution in [0.5, 0.6) is 5.75 Å². The molecule has 1 nitrogen and oxygen atoms in total. The maximum Gasteiger partial charge on any atom is 0.190 e. The molecule has 0 spiro atoms. The SMILES string of the molecule is CCCCCc1ccc(-c2cc(F)c(OC[C@@H](C)CC)c(F)c2)cc1. The van der Waals surface area contributed by atoms with E-state index in [9.17, 15) is 8.78 Å². The van der Waals surface area contributed by atoms with Gasteiger partial charge in [-0.2, -0.15) is 0 Å². The summed E-state index contributed by atoms with van der Waals surface area (Å²) in [5.41, 5.74) is 2.60. The molecule has 25 heavy (non-hydrogen) atoms. The zero-order chi connectivity index (χ0) is 18.2. The van der Waals surface area contributed by atoms with Crippen LogP contribution in [0.2, 0.25) is 0 Å². The predicted octanol–water partition coefficient (Wildman–Crippen LogP) is 6.79. The topological polar surface area (TPSA) is 9.23 Å². The first-order chi connectivity index (χ1) is 12.0. The summed E-state index contributed by atoms with van der Waals surface area (Å²) in [7, 11) is 0. The molecular weight excluding hydrogens is 318 g/mol. The smallest absolute Gasteiger partial charge is 0.190 e. The van der Waals surface area contributed by atoms with Crippen molar-refractivity contribution in [3.63, 3.8) is 0 Å². The molecule has 3 heteroatoms. The van der Waals surface area contributed by atoms with E-state index in [1.54, 1.807) is 0 Å². The molecule has 136 valence electrons. The van der Waals surface area contributed by atoms with Crippen LogP contribution in [0.25, 0.3) is 11.1 Å². The molecule has 0 unspecified atom stereocenters. The maximum atomic E-state index is 14.3. The molecular formula is C22H28F2O. The molecule has 0 amide bonds. The summed E-state index contributed by atoms with van der Waals surface area (Å²) in [6, 6.07) is 10.6. The lowest BCUT2D eigenvalue weighted by Crippen LogP contribution is -2.09. The van der Waals surface area contributed by atoms with Gasteiger partial charge in [0.05, 0.1) is 6.61 Å². The van der Waals surface area contributed by atoms with Crippen LogP contribution < -0.4 is 4.74 Å². The van der Waals surface area contributed by atoms with Gasteiger partial charge in [0.2, 0.25) is 0 Å². The van der Waals surface area contributed by atoms with Crippen molar-refractivity contribution in [2.45, 2.75) is 52.9 Å². The van der Waals surface area contributed by atoms with Gasteiger partial charge in [0.25, 0.3) is 0 Å². The van der Waals surface area contributed by atoms with E-state index >= 15 is 0 Å². The number of unbranched alkanes of at least 4 members (excludes halogenated alkanes) is 2. The molecule has 0 saturated heterocycles. The Bertz CT molecular complexity index is 641. The van der Waals surface area contributed by atoms with Crippen molar-refractivity contribution < 1.29 is 13.5 Å². The molecule has 2 rings (SSSR count). The Balaban J connectivity index is 2.12. The van der Waals surface area contributed by atoms with E-state index in [-0.39, 0.29) is 11.7 Å². The standard InChI is InChI=1S/C22H28F2O/c1-4-6-7-8-17-9-11-18(12-10-17)19-13-20(23)22(21(24)14-19)25-15-16(3)5-2/h9-14,16H,4-8,15H2,1-3H3/t16-/m0/s1. The van der Waals surface area contributed by atoms with Gasteiger partial charge in [0.15, 0.2) is 17.4 Å². The lowest BCUT2D eigenvalue weighted by Gasteiger charge is -2.13. The summed E-state index contributed by atoms with van der Waals surface area (Å²) in [5.74, 6) is -1.31. The molecule has 0 heterocycles. The van der Waals surface area contributed by atoms with Gasteiger partial charge >= 0.3 is 0 Å². The minimum atomic E-state index is -0.648. The van der Waals surface area contributed by atoms with Crippen LogP contribution in [-0.2, 0) is 6.42 Å². The fraction of sp³-hybridized carbons (Fsp3) is 0.455. The van der Waals surface area contributed by atoms with E-state index in [4.69, 9.17) is 4.74 Å². The van der Waals surface area contributed by atoms with Gasteiger partial charge in [-0.05, 0) is 47.6 Å². The van der Waals surface area contributed by atoms with Crippen LogP contribution >= 0.6 is 0 Å². The highest BCUT2D eigenvalue weighted by atomic mass is 19.1. The summed E-state index contributed by atoms with van der Waals surface area (Å²) < 4.78 is 33.9. The molecule has 0 fully saturated rings. The molecule has 0 N–H and O–H groups in total. The first kappa shape index (κ1) is 19.4. The third kappa shape index (κ3) is 5.55. The number of halogens is 2. The third-order valence-corrected chi connectivity index (χ3v) is 4.56. The van der Waals surface area contributed by atoms with Gasteiger partial charge in [-0.3, -0.25) is 0 Å². The lowest BCUT2D eigenvalue weighted by atomic mass is 10.0. The van der Waals surface area contributed by atoms with E-state index in [0.29, 0.717) is 12.2 Å². The Morgan fingerprint density at radius 3 is 2.12 bits per heavy atom. The lowest BCUT2D eigenvalue weighted by molar-refractivity contribution is 0.235. The summed E-state index contributed by atoms with van der Waals surface area (Å²) >= 11 is 0. The molecule has 2 aromatic rings. The van der Waals surface area contributed by atoms with Crippen LogP contribution in [0.3, 0.4) is 0 Å². The van der Waals surface area contributed by atoms with Gasteiger partial charge in [0, 0.05) is 0 Å². The highest BCUT2D eigenvalue weighted by molar-refractivity contribution is 5.65. The van der Waals surface area contributed by atoms with E-state index in [2.05, 4.69) is 6.92 Å². The number of hydrogen-bond donors (Lipinski definition) is 0. The van der Waals surface area contributed by atoms with E-state index < -0.39 is 11.6 Å². The molecule has 0 aromatic heterocycles. The average molecular weight is 346 g/mol. The highest BCUT2D eigenvalue weighted by Gasteiger charge is 2.14. The zero-order valence-corrected chi connectivity index (χ0v) is 15.4. The van der Waals surface area contributed by atoms with Crippen LogP contribution in [0, 0.1) is 17.6 Å². The molecule has 2 aromatic carbocycles. The van der Waals surface area contributed by atoms with Crippen molar-refractivity contribution in [2.75, 3.05) is 6.61 Å². The Kier molecular flexibility index (Phi) is 7.42. The average Bonchev–Trinajstić information content (AvgIpc) is 2.61. The van der Waals surface area contributed by atoms with Crippen molar-refractivity contribution in [1.29, 1.82) is 0 Å². The molecule has 0 aliphatic carbocycles. The van der Waals surface area contributed by atoms with Crippen LogP contribution in [0.1, 0.15) is 52.0 Å². The van der Waals surface area contributed by atoms with Gasteiger partial charge in [-0.1, -0.05) is 64.3 Å². The maximum absolute atomic E-state index is 14.3. The minimum Gasteiger partial charge on any atom is -0.487 e. The Labute approximate surface area is 150 Å². The fourth-order valence-electron chi connectivity index (χ4n) is 2.65. The van der Waals surface area contributed by atoms with E-state index in [0.717, 1.165) is 18.4 Å². The number of aryl methyl sites for hydroxylation is 1. The summed E-state index contributed by atoms with van der Waals surface area (Å²) in [4.78, 5) is 0. The molecule has 1 atom stereocenters. The second-order valence-electron chi connectivity index (χ2n) is 6.75. The highest BCUT2D eigenvalue weighted by Crippen LogP contribution is 2.29. The van der Waals surface area contributed by atoms with Gasteiger partial charge in [-0.15, -0.1) is 0 Å². The zero-order valence-electron chi connectivity index (χ0n) is 15.4. The third-order valence-electron chi connectivity index (χ3n) is 4.56. The van der Waals surface area contributed by atoms with Crippen molar-refractivity contribution >= 4 is 0 Å². The molecule has 0 radical (unpaired) electrons. The predicted molar refractivity (Wildman–Crippen MR) is 100.0 cm³/mol. The summed E-state index contributed by atoms with van der Waals surface area (Å²) in [6.45, 7) is 6.51. The van der Waals surface area contributed by atoms with Crippen LogP contribution in [0.4, 0.5) is 8.78 Å². The van der Waals surface area contributed by atoms with Crippen molar-refractivity contribution in [3.8, 4) is 16.9 Å². The first-order valence-corrected chi connectivity index (χ1v) is 9.26. The molecule has 0 aliphatic heterocycles. The quantitative estimate of drug-likeness (QED) is 0.454. The van der Waals surface area contributed by atoms with Crippen molar-refractivity contribution in [3.05, 3.63) is 53.6 Å². The van der Waals surface area contributed by atoms with Crippen LogP contribution in [-0.4, -0.2) is 6.61 Å². The fourth-order valence-corrected chi connectivity index (χ4v) is 2.65. The van der Waals surface area contributed by atoms with Gasteiger partial charge in [0.1, 0.15) is 0 Å². The van der Waals surface area contributed by atoms with Gasteiger partial charge in [-0.25, -0.2) is 8.78 Å². The van der Waals surface area contributed by atoms with E-state index in [1.165, 1.54) is 37.0 Å². The summed E-state index contributed by atoms with van der Waals surface area (Å²) in [5, 5.41) is 0. The van der Waals surface area contributed by atoms with Gasteiger partial charge < -0.3 is 4.74 Å². The Morgan fingerprint density at radius 1 is 0.920 bits per heavy atom. The van der Waals surface area contributed by atoms with Crippen LogP contribution in [0.15, 0.2) is 36.4 Å². The number of rotatable bonds is 9. The van der Waals surface area contributed by atoms with E-state index in [1.807, 2.05) is 38.1 Å². The molecule has 0 saturated carbocycles. The monoisotopic (exact) mass is 346 g/mol. The minimum absolute atomic E-state index is 0.263. The van der Waals surface area contributed by atoms with Crippen molar-refractivity contribution in [2.24, 2.45) is 5.92 Å². The second kappa shape index (κ2) is 9.55. The first-order valence-electron chi connectivity index (χ1n) is 9.26. The number of benzene rings is 2. The number of hydrogen-bond acceptors (Lipinski definition) is 1. The molecule has 0 aliphatic rings. The Hall–Kier alpha value is -1.90. The largest absolute Gasteiger partial charge is 0.487 e. The Morgan fingerprint density at radius 2 is 1.56 bits per heavy atom. The molecule has 0 bridgehead atoms. The normalized spacial score (nSPS) is 12.2. The number of ether oxygens (including phenoxy) is 1. The van der Waals surface area contributed by atoms with Crippen molar-refractivity contribution in [1.82, 2.24) is 0 Å².